The Kier molecular flexibility index (Phi) is 7.30. The van der Waals surface area contributed by atoms with Crippen molar-refractivity contribution in [1.82, 2.24) is 15.0 Å². The van der Waals surface area contributed by atoms with Crippen LogP contribution < -0.4 is 15.9 Å². The molecule has 1 N–H and O–H groups in total. The normalized spacial score (nSPS) is 11.1. The van der Waals surface area contributed by atoms with E-state index >= 15 is 0 Å². The second-order valence-corrected chi connectivity index (χ2v) is 8.98. The maximum absolute atomic E-state index is 13.2. The largest absolute Gasteiger partial charge is 0.378 e. The molecular formula is C25H22ClN5O2S. The Morgan fingerprint density at radius 2 is 1.79 bits per heavy atom. The Hall–Kier alpha value is -3.62. The Balaban J connectivity index is 1.51. The van der Waals surface area contributed by atoms with Gasteiger partial charge in [-0.05, 0) is 54.1 Å². The summed E-state index contributed by atoms with van der Waals surface area (Å²) in [5.74, 6) is -0.272. The van der Waals surface area contributed by atoms with Crippen molar-refractivity contribution >= 4 is 52.1 Å². The van der Waals surface area contributed by atoms with Crippen LogP contribution in [0.2, 0.25) is 5.02 Å². The van der Waals surface area contributed by atoms with Gasteiger partial charge in [-0.25, -0.2) is 10.4 Å². The van der Waals surface area contributed by atoms with Crippen LogP contribution in [0.1, 0.15) is 5.56 Å². The van der Waals surface area contributed by atoms with Crippen molar-refractivity contribution in [1.29, 1.82) is 0 Å². The fourth-order valence-electron chi connectivity index (χ4n) is 3.23. The summed E-state index contributed by atoms with van der Waals surface area (Å²) in [6, 6.07) is 21.8. The first-order valence-corrected chi connectivity index (χ1v) is 11.8. The van der Waals surface area contributed by atoms with Gasteiger partial charge in [0, 0.05) is 24.8 Å². The summed E-state index contributed by atoms with van der Waals surface area (Å²) >= 11 is 7.18. The lowest BCUT2D eigenvalue weighted by Crippen LogP contribution is -2.24. The minimum atomic E-state index is -0.309. The molecule has 0 saturated heterocycles. The third kappa shape index (κ3) is 5.47. The number of rotatable bonds is 7. The molecule has 1 amide bonds. The van der Waals surface area contributed by atoms with Crippen LogP contribution in [-0.4, -0.2) is 41.5 Å². The Bertz CT molecular complexity index is 1400. The SMILES string of the molecule is CN(C)c1ccc(/C=N\NC(=O)CSc2nc3ccccc3c(=O)n2-c2ccc(Cl)cc2)cc1. The topological polar surface area (TPSA) is 79.6 Å². The standard InChI is InChI=1S/C25H22ClN5O2S/c1-30(2)19-11-7-17(8-12-19)15-27-29-23(32)16-34-25-28-22-6-4-3-5-21(22)24(33)31(25)20-13-9-18(26)10-14-20/h3-15H,16H2,1-2H3,(H,29,32)/b27-15-. The molecule has 0 radical (unpaired) electrons. The molecule has 0 aliphatic carbocycles. The van der Waals surface area contributed by atoms with E-state index in [1.165, 1.54) is 4.57 Å². The predicted molar refractivity (Wildman–Crippen MR) is 140 cm³/mol. The van der Waals surface area contributed by atoms with Crippen LogP contribution in [0, 0.1) is 0 Å². The smallest absolute Gasteiger partial charge is 0.266 e. The molecule has 3 aromatic carbocycles. The van der Waals surface area contributed by atoms with Crippen LogP contribution in [0.15, 0.2) is 87.8 Å². The maximum Gasteiger partial charge on any atom is 0.266 e. The van der Waals surface area contributed by atoms with E-state index in [9.17, 15) is 9.59 Å². The van der Waals surface area contributed by atoms with E-state index in [0.717, 1.165) is 23.0 Å². The minimum Gasteiger partial charge on any atom is -0.378 e. The summed E-state index contributed by atoms with van der Waals surface area (Å²) in [5.41, 5.74) is 5.44. The number of para-hydroxylation sites is 1. The molecule has 0 fully saturated rings. The van der Waals surface area contributed by atoms with Gasteiger partial charge >= 0.3 is 0 Å². The average molecular weight is 492 g/mol. The van der Waals surface area contributed by atoms with Crippen molar-refractivity contribution < 1.29 is 4.79 Å². The Morgan fingerprint density at radius 3 is 2.50 bits per heavy atom. The van der Waals surface area contributed by atoms with Gasteiger partial charge in [-0.15, -0.1) is 0 Å². The number of nitrogens with one attached hydrogen (secondary N) is 1. The molecule has 4 aromatic rings. The molecular weight excluding hydrogens is 470 g/mol. The van der Waals surface area contributed by atoms with E-state index in [1.807, 2.05) is 49.3 Å². The molecule has 1 heterocycles. The highest BCUT2D eigenvalue weighted by Crippen LogP contribution is 2.22. The van der Waals surface area contributed by atoms with Gasteiger partial charge < -0.3 is 4.90 Å². The van der Waals surface area contributed by atoms with E-state index in [0.29, 0.717) is 26.8 Å². The summed E-state index contributed by atoms with van der Waals surface area (Å²) in [6.07, 6.45) is 1.58. The zero-order chi connectivity index (χ0) is 24.1. The summed E-state index contributed by atoms with van der Waals surface area (Å²) in [7, 11) is 3.94. The second-order valence-electron chi connectivity index (χ2n) is 7.60. The van der Waals surface area contributed by atoms with E-state index < -0.39 is 0 Å². The molecule has 0 bridgehead atoms. The number of amides is 1. The number of carbonyl (C=O) groups excluding carboxylic acids is 1. The van der Waals surface area contributed by atoms with Gasteiger partial charge in [0.2, 0.25) is 0 Å². The lowest BCUT2D eigenvalue weighted by atomic mass is 10.2. The molecule has 7 nitrogen and oxygen atoms in total. The fourth-order valence-corrected chi connectivity index (χ4v) is 4.16. The zero-order valence-electron chi connectivity index (χ0n) is 18.6. The number of nitrogens with zero attached hydrogens (tertiary/aromatic N) is 4. The van der Waals surface area contributed by atoms with Crippen molar-refractivity contribution in [2.45, 2.75) is 5.16 Å². The van der Waals surface area contributed by atoms with Gasteiger partial charge in [-0.3, -0.25) is 14.2 Å². The Morgan fingerprint density at radius 1 is 1.09 bits per heavy atom. The number of hydrazone groups is 1. The second kappa shape index (κ2) is 10.5. The lowest BCUT2D eigenvalue weighted by molar-refractivity contribution is -0.118. The summed E-state index contributed by atoms with van der Waals surface area (Å²) in [4.78, 5) is 32.3. The third-order valence-electron chi connectivity index (χ3n) is 4.97. The number of halogens is 1. The third-order valence-corrected chi connectivity index (χ3v) is 6.17. The van der Waals surface area contributed by atoms with Crippen molar-refractivity contribution in [3.8, 4) is 5.69 Å². The summed E-state index contributed by atoms with van der Waals surface area (Å²) < 4.78 is 1.49. The van der Waals surface area contributed by atoms with E-state index in [-0.39, 0.29) is 17.2 Å². The number of hydrogen-bond acceptors (Lipinski definition) is 6. The molecule has 0 aliphatic rings. The highest BCUT2D eigenvalue weighted by molar-refractivity contribution is 7.99. The maximum atomic E-state index is 13.2. The number of thioether (sulfide) groups is 1. The number of fused-ring (bicyclic) bond motifs is 1. The van der Waals surface area contributed by atoms with Crippen LogP contribution >= 0.6 is 23.4 Å². The summed E-state index contributed by atoms with van der Waals surface area (Å²) in [6.45, 7) is 0. The first-order valence-electron chi connectivity index (χ1n) is 10.4. The highest BCUT2D eigenvalue weighted by Gasteiger charge is 2.14. The van der Waals surface area contributed by atoms with Gasteiger partial charge in [0.05, 0.1) is 28.6 Å². The fraction of sp³-hybridized carbons (Fsp3) is 0.120. The van der Waals surface area contributed by atoms with Crippen LogP contribution in [0.5, 0.6) is 0 Å². The highest BCUT2D eigenvalue weighted by atomic mass is 35.5. The van der Waals surface area contributed by atoms with E-state index in [2.05, 4.69) is 15.5 Å². The quantitative estimate of drug-likeness (QED) is 0.180. The minimum absolute atomic E-state index is 0.0370. The first-order chi connectivity index (χ1) is 16.4. The van der Waals surface area contributed by atoms with Gasteiger partial charge in [0.1, 0.15) is 0 Å². The van der Waals surface area contributed by atoms with Gasteiger partial charge in [-0.1, -0.05) is 47.6 Å². The lowest BCUT2D eigenvalue weighted by Gasteiger charge is -2.13. The van der Waals surface area contributed by atoms with Crippen LogP contribution in [0.4, 0.5) is 5.69 Å². The number of anilines is 1. The molecule has 4 rings (SSSR count). The van der Waals surface area contributed by atoms with Crippen molar-refractivity contribution in [2.75, 3.05) is 24.7 Å². The zero-order valence-corrected chi connectivity index (χ0v) is 20.2. The number of aromatic nitrogens is 2. The molecule has 0 unspecified atom stereocenters. The van der Waals surface area contributed by atoms with E-state index in [1.54, 1.807) is 48.7 Å². The predicted octanol–water partition coefficient (Wildman–Crippen LogP) is 4.35. The number of benzene rings is 3. The first kappa shape index (κ1) is 23.5. The summed E-state index contributed by atoms with van der Waals surface area (Å²) in [5, 5.41) is 5.50. The molecule has 0 aliphatic heterocycles. The molecule has 9 heteroatoms. The van der Waals surface area contributed by atoms with Crippen LogP contribution in [0.25, 0.3) is 16.6 Å². The molecule has 0 atom stereocenters. The van der Waals surface area contributed by atoms with E-state index in [4.69, 9.17) is 11.6 Å². The molecule has 0 saturated carbocycles. The van der Waals surface area contributed by atoms with Crippen molar-refractivity contribution in [3.05, 3.63) is 93.7 Å². The van der Waals surface area contributed by atoms with Gasteiger partial charge in [0.25, 0.3) is 11.5 Å². The molecule has 1 aromatic heterocycles. The molecule has 34 heavy (non-hydrogen) atoms. The van der Waals surface area contributed by atoms with Gasteiger partial charge in [-0.2, -0.15) is 5.10 Å². The monoisotopic (exact) mass is 491 g/mol. The Labute approximate surface area is 206 Å². The molecule has 172 valence electrons. The molecule has 0 spiro atoms. The van der Waals surface area contributed by atoms with Crippen molar-refractivity contribution in [2.24, 2.45) is 5.10 Å². The van der Waals surface area contributed by atoms with Crippen LogP contribution in [0.3, 0.4) is 0 Å². The number of carbonyl (C=O) groups is 1. The van der Waals surface area contributed by atoms with Crippen LogP contribution in [-0.2, 0) is 4.79 Å². The van der Waals surface area contributed by atoms with Gasteiger partial charge in [0.15, 0.2) is 5.16 Å². The number of hydrogen-bond donors (Lipinski definition) is 1. The van der Waals surface area contributed by atoms with Crippen molar-refractivity contribution in [3.63, 3.8) is 0 Å². The average Bonchev–Trinajstić information content (AvgIpc) is 2.84.